The molecule has 20 heavy (non-hydrogen) atoms. The summed E-state index contributed by atoms with van der Waals surface area (Å²) in [6.45, 7) is 2.85. The van der Waals surface area contributed by atoms with Crippen molar-refractivity contribution in [1.82, 2.24) is 5.32 Å². The van der Waals surface area contributed by atoms with Gasteiger partial charge in [-0.1, -0.05) is 11.6 Å². The molecule has 0 spiro atoms. The summed E-state index contributed by atoms with van der Waals surface area (Å²) in [6.07, 6.45) is 2.20. The highest BCUT2D eigenvalue weighted by Gasteiger charge is 2.22. The Morgan fingerprint density at radius 3 is 3.10 bits per heavy atom. The van der Waals surface area contributed by atoms with Crippen LogP contribution in [0.25, 0.3) is 0 Å². The maximum absolute atomic E-state index is 13.5. The molecule has 1 aromatic carbocycles. The third-order valence-electron chi connectivity index (χ3n) is 3.31. The van der Waals surface area contributed by atoms with Crippen molar-refractivity contribution in [3.8, 4) is 0 Å². The molecule has 1 fully saturated rings. The molecule has 110 valence electrons. The van der Waals surface area contributed by atoms with Crippen molar-refractivity contribution in [3.63, 3.8) is 0 Å². The molecule has 1 heterocycles. The first kappa shape index (κ1) is 15.2. The molecule has 1 saturated heterocycles. The van der Waals surface area contributed by atoms with Gasteiger partial charge in [0, 0.05) is 17.7 Å². The molecule has 2 rings (SSSR count). The van der Waals surface area contributed by atoms with Crippen molar-refractivity contribution in [2.24, 2.45) is 0 Å². The van der Waals surface area contributed by atoms with Gasteiger partial charge in [-0.05, 0) is 38.0 Å². The summed E-state index contributed by atoms with van der Waals surface area (Å²) in [5, 5.41) is 5.96. The van der Waals surface area contributed by atoms with E-state index in [1.54, 1.807) is 0 Å². The van der Waals surface area contributed by atoms with Crippen molar-refractivity contribution in [2.75, 3.05) is 18.5 Å². The van der Waals surface area contributed by atoms with Crippen LogP contribution in [0.4, 0.5) is 10.1 Å². The van der Waals surface area contributed by atoms with E-state index in [4.69, 9.17) is 16.3 Å². The number of amides is 1. The zero-order chi connectivity index (χ0) is 14.5. The Hall–Kier alpha value is -1.17. The van der Waals surface area contributed by atoms with Crippen LogP contribution in [-0.2, 0) is 9.53 Å². The molecule has 0 radical (unpaired) electrons. The molecule has 1 amide bonds. The van der Waals surface area contributed by atoms with Crippen LogP contribution in [0.5, 0.6) is 0 Å². The predicted octanol–water partition coefficient (Wildman–Crippen LogP) is 2.57. The lowest BCUT2D eigenvalue weighted by atomic mass is 10.1. The van der Waals surface area contributed by atoms with Crippen molar-refractivity contribution < 1.29 is 13.9 Å². The van der Waals surface area contributed by atoms with Crippen LogP contribution in [-0.4, -0.2) is 31.2 Å². The topological polar surface area (TPSA) is 50.4 Å². The van der Waals surface area contributed by atoms with E-state index in [0.29, 0.717) is 5.02 Å². The number of anilines is 1. The third-order valence-corrected chi connectivity index (χ3v) is 3.54. The standard InChI is InChI=1S/C14H18ClFN2O2/c1-9(13-3-2-6-20-13)17-8-14(19)18-12-7-10(15)4-5-11(12)16/h4-5,7,9,13,17H,2-3,6,8H2,1H3,(H,18,19)/t9-,13-/m0/s1. The smallest absolute Gasteiger partial charge is 0.238 e. The molecule has 0 aliphatic carbocycles. The Labute approximate surface area is 122 Å². The zero-order valence-corrected chi connectivity index (χ0v) is 12.0. The summed E-state index contributed by atoms with van der Waals surface area (Å²) in [5.74, 6) is -0.814. The van der Waals surface area contributed by atoms with Crippen LogP contribution >= 0.6 is 11.6 Å². The van der Waals surface area contributed by atoms with Gasteiger partial charge in [-0.25, -0.2) is 4.39 Å². The Morgan fingerprint density at radius 2 is 2.40 bits per heavy atom. The minimum absolute atomic E-state index is 0.0902. The van der Waals surface area contributed by atoms with E-state index in [2.05, 4.69) is 10.6 Å². The summed E-state index contributed by atoms with van der Waals surface area (Å²) >= 11 is 5.76. The molecule has 4 nitrogen and oxygen atoms in total. The second kappa shape index (κ2) is 7.02. The van der Waals surface area contributed by atoms with Gasteiger partial charge in [0.05, 0.1) is 18.3 Å². The van der Waals surface area contributed by atoms with Crippen molar-refractivity contribution in [3.05, 3.63) is 29.0 Å². The highest BCUT2D eigenvalue weighted by molar-refractivity contribution is 6.30. The van der Waals surface area contributed by atoms with Gasteiger partial charge >= 0.3 is 0 Å². The van der Waals surface area contributed by atoms with E-state index in [0.717, 1.165) is 19.4 Å². The van der Waals surface area contributed by atoms with E-state index < -0.39 is 5.82 Å². The molecule has 2 N–H and O–H groups in total. The van der Waals surface area contributed by atoms with Gasteiger partial charge in [-0.15, -0.1) is 0 Å². The average Bonchev–Trinajstić information content (AvgIpc) is 2.94. The molecule has 0 aromatic heterocycles. The SMILES string of the molecule is C[C@H](NCC(=O)Nc1cc(Cl)ccc1F)[C@@H]1CCCO1. The number of hydrogen-bond donors (Lipinski definition) is 2. The summed E-state index contributed by atoms with van der Waals surface area (Å²) < 4.78 is 19.0. The van der Waals surface area contributed by atoms with Crippen molar-refractivity contribution >= 4 is 23.2 Å². The minimum atomic E-state index is -0.505. The summed E-state index contributed by atoms with van der Waals surface area (Å²) in [7, 11) is 0. The van der Waals surface area contributed by atoms with E-state index in [1.807, 2.05) is 6.92 Å². The minimum Gasteiger partial charge on any atom is -0.377 e. The fourth-order valence-electron chi connectivity index (χ4n) is 2.17. The van der Waals surface area contributed by atoms with Gasteiger partial charge in [0.15, 0.2) is 0 Å². The number of hydrogen-bond acceptors (Lipinski definition) is 3. The Morgan fingerprint density at radius 1 is 1.60 bits per heavy atom. The van der Waals surface area contributed by atoms with Crippen LogP contribution in [0.15, 0.2) is 18.2 Å². The van der Waals surface area contributed by atoms with Crippen molar-refractivity contribution in [1.29, 1.82) is 0 Å². The zero-order valence-electron chi connectivity index (χ0n) is 11.3. The number of carbonyl (C=O) groups excluding carboxylic acids is 1. The number of carbonyl (C=O) groups is 1. The first-order chi connectivity index (χ1) is 9.56. The van der Waals surface area contributed by atoms with Gasteiger partial charge in [-0.2, -0.15) is 0 Å². The number of rotatable bonds is 5. The maximum atomic E-state index is 13.5. The van der Waals surface area contributed by atoms with Crippen LogP contribution in [0.1, 0.15) is 19.8 Å². The second-order valence-corrected chi connectivity index (χ2v) is 5.33. The molecular formula is C14H18ClFN2O2. The van der Waals surface area contributed by atoms with Crippen LogP contribution in [0.3, 0.4) is 0 Å². The largest absolute Gasteiger partial charge is 0.377 e. The van der Waals surface area contributed by atoms with Gasteiger partial charge in [0.2, 0.25) is 5.91 Å². The normalized spacial score (nSPS) is 19.9. The van der Waals surface area contributed by atoms with Gasteiger partial charge in [0.1, 0.15) is 5.82 Å². The Kier molecular flexibility index (Phi) is 5.34. The number of halogens is 2. The van der Waals surface area contributed by atoms with Gasteiger partial charge in [0.25, 0.3) is 0 Å². The highest BCUT2D eigenvalue weighted by Crippen LogP contribution is 2.19. The molecule has 1 aliphatic heterocycles. The average molecular weight is 301 g/mol. The first-order valence-electron chi connectivity index (χ1n) is 6.66. The second-order valence-electron chi connectivity index (χ2n) is 4.89. The van der Waals surface area contributed by atoms with E-state index >= 15 is 0 Å². The fourth-order valence-corrected chi connectivity index (χ4v) is 2.34. The maximum Gasteiger partial charge on any atom is 0.238 e. The van der Waals surface area contributed by atoms with Crippen LogP contribution < -0.4 is 10.6 Å². The molecule has 0 saturated carbocycles. The molecule has 6 heteroatoms. The quantitative estimate of drug-likeness (QED) is 0.879. The van der Waals surface area contributed by atoms with Gasteiger partial charge in [-0.3, -0.25) is 4.79 Å². The third kappa shape index (κ3) is 4.16. The van der Waals surface area contributed by atoms with Crippen LogP contribution in [0, 0.1) is 5.82 Å². The van der Waals surface area contributed by atoms with E-state index in [1.165, 1.54) is 18.2 Å². The summed E-state index contributed by atoms with van der Waals surface area (Å²) in [5.41, 5.74) is 0.0917. The lowest BCUT2D eigenvalue weighted by Crippen LogP contribution is -2.41. The molecule has 1 aromatic rings. The highest BCUT2D eigenvalue weighted by atomic mass is 35.5. The fraction of sp³-hybridized carbons (Fsp3) is 0.500. The molecular weight excluding hydrogens is 283 g/mol. The summed E-state index contributed by atoms with van der Waals surface area (Å²) in [6, 6.07) is 4.13. The Bertz CT molecular complexity index is 478. The van der Waals surface area contributed by atoms with Crippen LogP contribution in [0.2, 0.25) is 5.02 Å². The number of nitrogens with one attached hydrogen (secondary N) is 2. The molecule has 0 bridgehead atoms. The molecule has 0 unspecified atom stereocenters. The number of benzene rings is 1. The Balaban J connectivity index is 1.81. The predicted molar refractivity (Wildman–Crippen MR) is 76.5 cm³/mol. The molecule has 1 aliphatic rings. The lowest BCUT2D eigenvalue weighted by Gasteiger charge is -2.19. The van der Waals surface area contributed by atoms with Gasteiger partial charge < -0.3 is 15.4 Å². The number of ether oxygens (including phenoxy) is 1. The van der Waals surface area contributed by atoms with Crippen molar-refractivity contribution in [2.45, 2.75) is 31.9 Å². The first-order valence-corrected chi connectivity index (χ1v) is 7.04. The lowest BCUT2D eigenvalue weighted by molar-refractivity contribution is -0.115. The molecule has 2 atom stereocenters. The summed E-state index contributed by atoms with van der Waals surface area (Å²) in [4.78, 5) is 11.8. The monoisotopic (exact) mass is 300 g/mol. The van der Waals surface area contributed by atoms with E-state index in [-0.39, 0.29) is 30.3 Å². The van der Waals surface area contributed by atoms with E-state index in [9.17, 15) is 9.18 Å².